The maximum Gasteiger partial charge on any atom is 0.358 e. The maximum absolute atomic E-state index is 13.0. The second-order valence-electron chi connectivity index (χ2n) is 3.28. The molecule has 0 saturated carbocycles. The highest BCUT2D eigenvalue weighted by Crippen LogP contribution is 2.14. The van der Waals surface area contributed by atoms with Crippen molar-refractivity contribution < 1.29 is 14.3 Å². The summed E-state index contributed by atoms with van der Waals surface area (Å²) in [5, 5.41) is 15.8. The van der Waals surface area contributed by atoms with Crippen LogP contribution in [0.25, 0.3) is 5.69 Å². The van der Waals surface area contributed by atoms with Crippen LogP contribution < -0.4 is 0 Å². The lowest BCUT2D eigenvalue weighted by molar-refractivity contribution is 0.0690. The van der Waals surface area contributed by atoms with Gasteiger partial charge >= 0.3 is 5.97 Å². The predicted molar refractivity (Wildman–Crippen MR) is 53.0 cm³/mol. The van der Waals surface area contributed by atoms with Crippen LogP contribution in [0.15, 0.2) is 24.4 Å². The first-order valence-electron chi connectivity index (χ1n) is 4.50. The molecule has 1 aromatic heterocycles. The Balaban J connectivity index is 2.50. The van der Waals surface area contributed by atoms with E-state index in [4.69, 9.17) is 5.11 Å². The molecule has 0 fully saturated rings. The van der Waals surface area contributed by atoms with Crippen molar-refractivity contribution >= 4 is 5.97 Å². The van der Waals surface area contributed by atoms with Gasteiger partial charge in [-0.05, 0) is 24.6 Å². The monoisotopic (exact) mass is 221 g/mol. The van der Waals surface area contributed by atoms with Crippen molar-refractivity contribution in [2.75, 3.05) is 0 Å². The molecule has 0 aliphatic heterocycles. The molecule has 0 aliphatic carbocycles. The second kappa shape index (κ2) is 3.73. The van der Waals surface area contributed by atoms with Crippen molar-refractivity contribution in [2.45, 2.75) is 6.92 Å². The SMILES string of the molecule is Cc1ccc(F)cc1-n1cc(C(=O)O)nn1. The minimum absolute atomic E-state index is 0.177. The van der Waals surface area contributed by atoms with Crippen molar-refractivity contribution in [1.29, 1.82) is 0 Å². The van der Waals surface area contributed by atoms with E-state index >= 15 is 0 Å². The maximum atomic E-state index is 13.0. The molecule has 0 spiro atoms. The number of aromatic carboxylic acids is 1. The van der Waals surface area contributed by atoms with Crippen LogP contribution in [0.2, 0.25) is 0 Å². The standard InChI is InChI=1S/C10H8FN3O2/c1-6-2-3-7(11)4-9(6)14-5-8(10(15)16)12-13-14/h2-5H,1H3,(H,15,16). The van der Waals surface area contributed by atoms with Crippen LogP contribution in [-0.2, 0) is 0 Å². The van der Waals surface area contributed by atoms with Gasteiger partial charge < -0.3 is 5.11 Å². The molecule has 6 heteroatoms. The Labute approximate surface area is 90.1 Å². The molecule has 0 atom stereocenters. The fourth-order valence-corrected chi connectivity index (χ4v) is 1.31. The first-order chi connectivity index (χ1) is 7.58. The molecule has 1 aromatic carbocycles. The zero-order chi connectivity index (χ0) is 11.7. The first-order valence-corrected chi connectivity index (χ1v) is 4.50. The summed E-state index contributed by atoms with van der Waals surface area (Å²) in [5.41, 5.74) is 1.08. The van der Waals surface area contributed by atoms with Crippen LogP contribution in [0.3, 0.4) is 0 Å². The summed E-state index contributed by atoms with van der Waals surface area (Å²) in [6.07, 6.45) is 1.24. The summed E-state index contributed by atoms with van der Waals surface area (Å²) in [4.78, 5) is 10.6. The van der Waals surface area contributed by atoms with E-state index in [0.717, 1.165) is 5.56 Å². The molecule has 0 saturated heterocycles. The van der Waals surface area contributed by atoms with Crippen LogP contribution in [0.4, 0.5) is 4.39 Å². The van der Waals surface area contributed by atoms with Crippen LogP contribution in [-0.4, -0.2) is 26.1 Å². The van der Waals surface area contributed by atoms with Gasteiger partial charge in [0.25, 0.3) is 0 Å². The van der Waals surface area contributed by atoms with Gasteiger partial charge in [0.05, 0.1) is 11.9 Å². The molecule has 0 amide bonds. The molecule has 0 unspecified atom stereocenters. The van der Waals surface area contributed by atoms with E-state index in [1.54, 1.807) is 13.0 Å². The fraction of sp³-hybridized carbons (Fsp3) is 0.100. The van der Waals surface area contributed by atoms with E-state index < -0.39 is 11.8 Å². The first kappa shape index (κ1) is 10.3. The molecule has 1 heterocycles. The average molecular weight is 221 g/mol. The smallest absolute Gasteiger partial charge is 0.358 e. The van der Waals surface area contributed by atoms with E-state index in [-0.39, 0.29) is 5.69 Å². The normalized spacial score (nSPS) is 10.4. The van der Waals surface area contributed by atoms with E-state index in [1.807, 2.05) is 0 Å². The Bertz CT molecular complexity index is 551. The van der Waals surface area contributed by atoms with Gasteiger partial charge in [-0.15, -0.1) is 5.10 Å². The van der Waals surface area contributed by atoms with E-state index in [0.29, 0.717) is 5.69 Å². The van der Waals surface area contributed by atoms with Crippen molar-refractivity contribution in [3.63, 3.8) is 0 Å². The number of benzene rings is 1. The summed E-state index contributed by atoms with van der Waals surface area (Å²) in [6.45, 7) is 1.77. The average Bonchev–Trinajstić information content (AvgIpc) is 2.70. The molecule has 0 radical (unpaired) electrons. The number of rotatable bonds is 2. The van der Waals surface area contributed by atoms with Gasteiger partial charge in [-0.1, -0.05) is 11.3 Å². The van der Waals surface area contributed by atoms with Gasteiger partial charge in [0, 0.05) is 0 Å². The molecule has 0 bridgehead atoms. The number of halogens is 1. The third-order valence-corrected chi connectivity index (χ3v) is 2.13. The molecule has 0 aliphatic rings. The third kappa shape index (κ3) is 1.77. The number of aryl methyl sites for hydroxylation is 1. The van der Waals surface area contributed by atoms with Gasteiger partial charge in [-0.25, -0.2) is 13.9 Å². The zero-order valence-electron chi connectivity index (χ0n) is 8.38. The van der Waals surface area contributed by atoms with Gasteiger partial charge in [0.2, 0.25) is 0 Å². The van der Waals surface area contributed by atoms with Crippen LogP contribution in [0.1, 0.15) is 16.1 Å². The van der Waals surface area contributed by atoms with Gasteiger partial charge in [-0.2, -0.15) is 0 Å². The largest absolute Gasteiger partial charge is 0.476 e. The minimum atomic E-state index is -1.17. The molecule has 5 nitrogen and oxygen atoms in total. The summed E-state index contributed by atoms with van der Waals surface area (Å²) in [6, 6.07) is 4.19. The summed E-state index contributed by atoms with van der Waals surface area (Å²) < 4.78 is 14.3. The molecular formula is C10H8FN3O2. The molecule has 82 valence electrons. The highest BCUT2D eigenvalue weighted by atomic mass is 19.1. The summed E-state index contributed by atoms with van der Waals surface area (Å²) in [5.74, 6) is -1.58. The number of hydrogen-bond acceptors (Lipinski definition) is 3. The van der Waals surface area contributed by atoms with Crippen LogP contribution >= 0.6 is 0 Å². The van der Waals surface area contributed by atoms with Crippen molar-refractivity contribution in [3.05, 3.63) is 41.5 Å². The predicted octanol–water partition coefficient (Wildman–Crippen LogP) is 1.41. The lowest BCUT2D eigenvalue weighted by Crippen LogP contribution is -1.98. The molecule has 16 heavy (non-hydrogen) atoms. The zero-order valence-corrected chi connectivity index (χ0v) is 8.38. The lowest BCUT2D eigenvalue weighted by atomic mass is 10.2. The lowest BCUT2D eigenvalue weighted by Gasteiger charge is -2.03. The van der Waals surface area contributed by atoms with E-state index in [9.17, 15) is 9.18 Å². The Kier molecular flexibility index (Phi) is 2.40. The topological polar surface area (TPSA) is 68.0 Å². The number of aromatic nitrogens is 3. The third-order valence-electron chi connectivity index (χ3n) is 2.13. The van der Waals surface area contributed by atoms with Crippen LogP contribution in [0.5, 0.6) is 0 Å². The Hall–Kier alpha value is -2.24. The Morgan fingerprint density at radius 1 is 1.50 bits per heavy atom. The van der Waals surface area contributed by atoms with Crippen LogP contribution in [0, 0.1) is 12.7 Å². The fourth-order valence-electron chi connectivity index (χ4n) is 1.31. The highest BCUT2D eigenvalue weighted by Gasteiger charge is 2.10. The number of nitrogens with zero attached hydrogens (tertiary/aromatic N) is 3. The number of carbonyl (C=O) groups is 1. The van der Waals surface area contributed by atoms with E-state index in [2.05, 4.69) is 10.3 Å². The molecule has 2 rings (SSSR count). The van der Waals surface area contributed by atoms with Gasteiger partial charge in [0.15, 0.2) is 5.69 Å². The molecule has 1 N–H and O–H groups in total. The molecule has 2 aromatic rings. The van der Waals surface area contributed by atoms with Gasteiger partial charge in [0.1, 0.15) is 5.82 Å². The highest BCUT2D eigenvalue weighted by molar-refractivity contribution is 5.84. The minimum Gasteiger partial charge on any atom is -0.476 e. The Morgan fingerprint density at radius 2 is 2.25 bits per heavy atom. The number of carboxylic acid groups (broad SMARTS) is 1. The van der Waals surface area contributed by atoms with Crippen molar-refractivity contribution in [3.8, 4) is 5.69 Å². The molecular weight excluding hydrogens is 213 g/mol. The Morgan fingerprint density at radius 3 is 2.88 bits per heavy atom. The quantitative estimate of drug-likeness (QED) is 0.832. The van der Waals surface area contributed by atoms with E-state index in [1.165, 1.54) is 23.0 Å². The summed E-state index contributed by atoms with van der Waals surface area (Å²) >= 11 is 0. The number of hydrogen-bond donors (Lipinski definition) is 1. The van der Waals surface area contributed by atoms with Gasteiger partial charge in [-0.3, -0.25) is 0 Å². The van der Waals surface area contributed by atoms with Crippen molar-refractivity contribution in [1.82, 2.24) is 15.0 Å². The van der Waals surface area contributed by atoms with Crippen molar-refractivity contribution in [2.24, 2.45) is 0 Å². The summed E-state index contributed by atoms with van der Waals surface area (Å²) in [7, 11) is 0. The number of carboxylic acids is 1. The second-order valence-corrected chi connectivity index (χ2v) is 3.28.